The molecule has 0 fully saturated rings. The van der Waals surface area contributed by atoms with Crippen LogP contribution in [0.25, 0.3) is 0 Å². The highest BCUT2D eigenvalue weighted by Gasteiger charge is 2.23. The van der Waals surface area contributed by atoms with Gasteiger partial charge in [-0.2, -0.15) is 0 Å². The van der Waals surface area contributed by atoms with Crippen molar-refractivity contribution in [1.29, 1.82) is 0 Å². The number of unbranched alkanes of at least 4 members (excludes halogenated alkanes) is 1. The normalized spacial score (nSPS) is 13.4. The molecule has 102 valence electrons. The fourth-order valence-corrected chi connectivity index (χ4v) is 1.82. The molecule has 18 heavy (non-hydrogen) atoms. The molecule has 2 nitrogen and oxygen atoms in total. The zero-order chi connectivity index (χ0) is 13.6. The number of para-hydroxylation sites is 1. The Morgan fingerprint density at radius 1 is 1.17 bits per heavy atom. The molecule has 0 saturated heterocycles. The molecule has 1 aromatic rings. The molecule has 1 rings (SSSR count). The van der Waals surface area contributed by atoms with Crippen molar-refractivity contribution < 1.29 is 0 Å². The second kappa shape index (κ2) is 6.79. The molecule has 0 bridgehead atoms. The van der Waals surface area contributed by atoms with Crippen molar-refractivity contribution >= 4 is 5.69 Å². The highest BCUT2D eigenvalue weighted by molar-refractivity contribution is 5.46. The van der Waals surface area contributed by atoms with E-state index in [0.29, 0.717) is 0 Å². The van der Waals surface area contributed by atoms with Crippen molar-refractivity contribution in [2.75, 3.05) is 18.0 Å². The minimum Gasteiger partial charge on any atom is -0.370 e. The summed E-state index contributed by atoms with van der Waals surface area (Å²) in [4.78, 5) is 2.42. The molecule has 0 heterocycles. The fraction of sp³-hybridized carbons (Fsp3) is 0.625. The zero-order valence-electron chi connectivity index (χ0n) is 12.3. The molecule has 2 N–H and O–H groups in total. The van der Waals surface area contributed by atoms with E-state index in [4.69, 9.17) is 5.73 Å². The van der Waals surface area contributed by atoms with Crippen LogP contribution in [0.3, 0.4) is 0 Å². The van der Waals surface area contributed by atoms with Gasteiger partial charge in [0.2, 0.25) is 0 Å². The second-order valence-electron chi connectivity index (χ2n) is 6.11. The van der Waals surface area contributed by atoms with E-state index in [0.717, 1.165) is 13.1 Å². The lowest BCUT2D eigenvalue weighted by Crippen LogP contribution is -2.45. The van der Waals surface area contributed by atoms with E-state index >= 15 is 0 Å². The number of hydrogen-bond acceptors (Lipinski definition) is 2. The van der Waals surface area contributed by atoms with Gasteiger partial charge in [-0.25, -0.2) is 0 Å². The smallest absolute Gasteiger partial charge is 0.0366 e. The van der Waals surface area contributed by atoms with Gasteiger partial charge in [0.15, 0.2) is 0 Å². The van der Waals surface area contributed by atoms with Crippen molar-refractivity contribution in [1.82, 2.24) is 0 Å². The summed E-state index contributed by atoms with van der Waals surface area (Å²) in [6.07, 6.45) is 2.43. The van der Waals surface area contributed by atoms with Crippen LogP contribution in [-0.4, -0.2) is 19.1 Å². The van der Waals surface area contributed by atoms with Crippen LogP contribution in [0.15, 0.2) is 30.3 Å². The summed E-state index contributed by atoms with van der Waals surface area (Å²) in [6, 6.07) is 10.8. The number of nitrogens with two attached hydrogens (primary N) is 1. The standard InChI is InChI=1S/C16H28N2/c1-5-6-12-18(13-15(17)16(2,3)4)14-10-8-7-9-11-14/h7-11,15H,5-6,12-13,17H2,1-4H3. The van der Waals surface area contributed by atoms with Gasteiger partial charge in [-0.1, -0.05) is 52.3 Å². The quantitative estimate of drug-likeness (QED) is 0.832. The lowest BCUT2D eigenvalue weighted by atomic mass is 9.87. The van der Waals surface area contributed by atoms with Gasteiger partial charge < -0.3 is 10.6 Å². The van der Waals surface area contributed by atoms with Crippen molar-refractivity contribution in [3.63, 3.8) is 0 Å². The maximum atomic E-state index is 6.32. The summed E-state index contributed by atoms with van der Waals surface area (Å²) in [5.74, 6) is 0. The van der Waals surface area contributed by atoms with Crippen LogP contribution in [0.5, 0.6) is 0 Å². The molecule has 1 unspecified atom stereocenters. The summed E-state index contributed by atoms with van der Waals surface area (Å²) in [5, 5.41) is 0. The average molecular weight is 248 g/mol. The highest BCUT2D eigenvalue weighted by atomic mass is 15.1. The monoisotopic (exact) mass is 248 g/mol. The van der Waals surface area contributed by atoms with Gasteiger partial charge in [-0.05, 0) is 24.0 Å². The molecule has 2 heteroatoms. The first-order valence-corrected chi connectivity index (χ1v) is 7.00. The highest BCUT2D eigenvalue weighted by Crippen LogP contribution is 2.21. The third kappa shape index (κ3) is 4.69. The Hall–Kier alpha value is -1.02. The average Bonchev–Trinajstić information content (AvgIpc) is 2.34. The van der Waals surface area contributed by atoms with Crippen molar-refractivity contribution in [2.24, 2.45) is 11.1 Å². The Kier molecular flexibility index (Phi) is 5.67. The zero-order valence-corrected chi connectivity index (χ0v) is 12.3. The molecule has 0 saturated carbocycles. The van der Waals surface area contributed by atoms with Crippen LogP contribution in [0, 0.1) is 5.41 Å². The van der Waals surface area contributed by atoms with E-state index in [9.17, 15) is 0 Å². The molecule has 0 aromatic heterocycles. The fourth-order valence-electron chi connectivity index (χ4n) is 1.82. The summed E-state index contributed by atoms with van der Waals surface area (Å²) in [7, 11) is 0. The van der Waals surface area contributed by atoms with Gasteiger partial charge in [0.05, 0.1) is 0 Å². The molecule has 0 aliphatic carbocycles. The molecule has 0 spiro atoms. The number of benzene rings is 1. The molecule has 1 atom stereocenters. The Bertz CT molecular complexity index is 327. The van der Waals surface area contributed by atoms with E-state index in [1.807, 2.05) is 0 Å². The first kappa shape index (κ1) is 15.0. The molecule has 0 aliphatic rings. The third-order valence-electron chi connectivity index (χ3n) is 3.43. The summed E-state index contributed by atoms with van der Waals surface area (Å²) in [6.45, 7) is 10.9. The minimum atomic E-state index is 0.152. The van der Waals surface area contributed by atoms with E-state index in [1.165, 1.54) is 18.5 Å². The van der Waals surface area contributed by atoms with Gasteiger partial charge in [-0.3, -0.25) is 0 Å². The summed E-state index contributed by atoms with van der Waals surface area (Å²) < 4.78 is 0. The van der Waals surface area contributed by atoms with E-state index in [2.05, 4.69) is 62.9 Å². The van der Waals surface area contributed by atoms with Crippen LogP contribution in [0.4, 0.5) is 5.69 Å². The second-order valence-corrected chi connectivity index (χ2v) is 6.11. The Labute approximate surface area is 112 Å². The third-order valence-corrected chi connectivity index (χ3v) is 3.43. The van der Waals surface area contributed by atoms with Gasteiger partial charge in [0.25, 0.3) is 0 Å². The minimum absolute atomic E-state index is 0.152. The number of nitrogens with zero attached hydrogens (tertiary/aromatic N) is 1. The van der Waals surface area contributed by atoms with Crippen LogP contribution in [0.1, 0.15) is 40.5 Å². The van der Waals surface area contributed by atoms with Gasteiger partial charge >= 0.3 is 0 Å². The number of anilines is 1. The van der Waals surface area contributed by atoms with Crippen LogP contribution < -0.4 is 10.6 Å². The Morgan fingerprint density at radius 3 is 2.28 bits per heavy atom. The van der Waals surface area contributed by atoms with Crippen LogP contribution in [0.2, 0.25) is 0 Å². The largest absolute Gasteiger partial charge is 0.370 e. The maximum absolute atomic E-state index is 6.32. The number of hydrogen-bond donors (Lipinski definition) is 1. The maximum Gasteiger partial charge on any atom is 0.0366 e. The Balaban J connectivity index is 2.73. The van der Waals surface area contributed by atoms with Gasteiger partial charge in [0.1, 0.15) is 0 Å². The van der Waals surface area contributed by atoms with E-state index in [1.54, 1.807) is 0 Å². The van der Waals surface area contributed by atoms with Crippen molar-refractivity contribution in [3.05, 3.63) is 30.3 Å². The first-order chi connectivity index (χ1) is 8.45. The van der Waals surface area contributed by atoms with Crippen molar-refractivity contribution in [2.45, 2.75) is 46.6 Å². The number of rotatable bonds is 6. The predicted molar refractivity (Wildman–Crippen MR) is 81.0 cm³/mol. The lowest BCUT2D eigenvalue weighted by molar-refractivity contribution is 0.320. The predicted octanol–water partition coefficient (Wildman–Crippen LogP) is 3.67. The molecule has 0 amide bonds. The molecule has 1 aromatic carbocycles. The van der Waals surface area contributed by atoms with Crippen LogP contribution in [-0.2, 0) is 0 Å². The summed E-state index contributed by atoms with van der Waals surface area (Å²) >= 11 is 0. The van der Waals surface area contributed by atoms with Crippen molar-refractivity contribution in [3.8, 4) is 0 Å². The van der Waals surface area contributed by atoms with Gasteiger partial charge in [-0.15, -0.1) is 0 Å². The van der Waals surface area contributed by atoms with E-state index < -0.39 is 0 Å². The molecule has 0 radical (unpaired) electrons. The van der Waals surface area contributed by atoms with E-state index in [-0.39, 0.29) is 11.5 Å². The molecule has 0 aliphatic heterocycles. The topological polar surface area (TPSA) is 29.3 Å². The Morgan fingerprint density at radius 2 is 1.78 bits per heavy atom. The summed E-state index contributed by atoms with van der Waals surface area (Å²) in [5.41, 5.74) is 7.75. The SMILES string of the molecule is CCCCN(CC(N)C(C)(C)C)c1ccccc1. The first-order valence-electron chi connectivity index (χ1n) is 7.00. The van der Waals surface area contributed by atoms with Crippen LogP contribution >= 0.6 is 0 Å². The van der Waals surface area contributed by atoms with Gasteiger partial charge in [0, 0.05) is 24.8 Å². The lowest BCUT2D eigenvalue weighted by Gasteiger charge is -2.34. The molecular weight excluding hydrogens is 220 g/mol. The molecular formula is C16H28N2.